The van der Waals surface area contributed by atoms with Gasteiger partial charge in [-0.15, -0.1) is 0 Å². The second-order valence-electron chi connectivity index (χ2n) is 2.57. The molecule has 0 aliphatic rings. The molecule has 0 aromatic carbocycles. The first-order valence-corrected chi connectivity index (χ1v) is 5.52. The maximum absolute atomic E-state index is 11.8. The van der Waals surface area contributed by atoms with Crippen LogP contribution in [0.3, 0.4) is 0 Å². The molecular formula is C8H12N2OS. The van der Waals surface area contributed by atoms with Crippen LogP contribution in [0.2, 0.25) is 0 Å². The molecule has 0 fully saturated rings. The number of hydrogen-bond acceptors (Lipinski definition) is 3. The number of aryl methyl sites for hydroxylation is 1. The molecule has 1 heterocycles. The molecule has 0 saturated carbocycles. The number of rotatable bonds is 1. The highest BCUT2D eigenvalue weighted by molar-refractivity contribution is 7.93. The summed E-state index contributed by atoms with van der Waals surface area (Å²) in [6.07, 6.45) is 3.31. The van der Waals surface area contributed by atoms with Crippen LogP contribution in [0, 0.1) is 6.92 Å². The highest BCUT2D eigenvalue weighted by Crippen LogP contribution is 2.12. The Morgan fingerprint density at radius 2 is 2.25 bits per heavy atom. The third-order valence-electron chi connectivity index (χ3n) is 1.71. The number of aromatic nitrogens is 1. The van der Waals surface area contributed by atoms with E-state index >= 15 is 0 Å². The fourth-order valence-corrected chi connectivity index (χ4v) is 2.10. The van der Waals surface area contributed by atoms with E-state index in [4.69, 9.17) is 0 Å². The van der Waals surface area contributed by atoms with Crippen LogP contribution in [-0.2, 0) is 9.73 Å². The molecule has 4 heteroatoms. The van der Waals surface area contributed by atoms with Crippen LogP contribution < -0.4 is 0 Å². The molecule has 1 aromatic heterocycles. The van der Waals surface area contributed by atoms with Crippen molar-refractivity contribution in [3.63, 3.8) is 0 Å². The fourth-order valence-electron chi connectivity index (χ4n) is 0.968. The zero-order valence-electron chi connectivity index (χ0n) is 7.44. The molecule has 66 valence electrons. The van der Waals surface area contributed by atoms with Gasteiger partial charge in [0.1, 0.15) is 0 Å². The summed E-state index contributed by atoms with van der Waals surface area (Å²) in [6, 6.07) is 3.58. The second-order valence-corrected chi connectivity index (χ2v) is 4.98. The minimum absolute atomic E-state index is 0.729. The minimum atomic E-state index is -2.22. The fraction of sp³-hybridized carbons (Fsp3) is 0.375. The average Bonchev–Trinajstić information content (AvgIpc) is 2.05. The van der Waals surface area contributed by atoms with Crippen molar-refractivity contribution in [3.8, 4) is 0 Å². The summed E-state index contributed by atoms with van der Waals surface area (Å²) in [6.45, 7) is 1.84. The molecule has 0 saturated heterocycles. The van der Waals surface area contributed by atoms with Crippen LogP contribution in [-0.4, -0.2) is 22.5 Å². The van der Waals surface area contributed by atoms with Gasteiger partial charge in [-0.25, -0.2) is 8.57 Å². The van der Waals surface area contributed by atoms with Crippen LogP contribution in [0.5, 0.6) is 0 Å². The Balaban J connectivity index is 3.40. The van der Waals surface area contributed by atoms with Crippen molar-refractivity contribution in [2.45, 2.75) is 11.8 Å². The van der Waals surface area contributed by atoms with E-state index < -0.39 is 9.73 Å². The topological polar surface area (TPSA) is 42.3 Å². The maximum atomic E-state index is 11.8. The number of nitrogens with zero attached hydrogens (tertiary/aromatic N) is 2. The lowest BCUT2D eigenvalue weighted by molar-refractivity contribution is 0.679. The van der Waals surface area contributed by atoms with E-state index in [0.717, 1.165) is 10.6 Å². The zero-order chi connectivity index (χ0) is 9.19. The van der Waals surface area contributed by atoms with E-state index in [1.165, 1.54) is 0 Å². The summed E-state index contributed by atoms with van der Waals surface area (Å²) >= 11 is 0. The number of pyridine rings is 1. The van der Waals surface area contributed by atoms with Crippen LogP contribution in [0.25, 0.3) is 0 Å². The third kappa shape index (κ3) is 1.64. The van der Waals surface area contributed by atoms with Gasteiger partial charge in [0, 0.05) is 19.5 Å². The molecule has 3 nitrogen and oxygen atoms in total. The van der Waals surface area contributed by atoms with Crippen LogP contribution >= 0.6 is 0 Å². The lowest BCUT2D eigenvalue weighted by Gasteiger charge is -2.04. The van der Waals surface area contributed by atoms with E-state index in [9.17, 15) is 4.21 Å². The largest absolute Gasteiger partial charge is 0.260 e. The SMILES string of the molecule is CN=[S@](C)(=O)c1cccnc1C. The van der Waals surface area contributed by atoms with E-state index in [0.29, 0.717) is 0 Å². The normalized spacial score (nSPS) is 15.2. The maximum Gasteiger partial charge on any atom is 0.0738 e. The molecule has 0 aliphatic carbocycles. The van der Waals surface area contributed by atoms with Crippen molar-refractivity contribution < 1.29 is 4.21 Å². The highest BCUT2D eigenvalue weighted by atomic mass is 32.2. The molecular weight excluding hydrogens is 172 g/mol. The van der Waals surface area contributed by atoms with E-state index in [1.54, 1.807) is 31.6 Å². The Bertz CT molecular complexity index is 392. The number of hydrogen-bond donors (Lipinski definition) is 0. The Morgan fingerprint density at radius 1 is 1.58 bits per heavy atom. The van der Waals surface area contributed by atoms with E-state index in [2.05, 4.69) is 9.35 Å². The first-order chi connectivity index (χ1) is 5.58. The predicted octanol–water partition coefficient (Wildman–Crippen LogP) is 1.48. The van der Waals surface area contributed by atoms with Gasteiger partial charge >= 0.3 is 0 Å². The summed E-state index contributed by atoms with van der Waals surface area (Å²) in [5.74, 6) is 0. The Kier molecular flexibility index (Phi) is 2.47. The molecule has 1 rings (SSSR count). The van der Waals surface area contributed by atoms with Gasteiger partial charge in [-0.2, -0.15) is 0 Å². The van der Waals surface area contributed by atoms with E-state index in [-0.39, 0.29) is 0 Å². The first kappa shape index (κ1) is 9.19. The van der Waals surface area contributed by atoms with Crippen LogP contribution in [0.15, 0.2) is 27.6 Å². The summed E-state index contributed by atoms with van der Waals surface area (Å²) in [4.78, 5) is 4.78. The van der Waals surface area contributed by atoms with Gasteiger partial charge < -0.3 is 0 Å². The van der Waals surface area contributed by atoms with Gasteiger partial charge in [0.25, 0.3) is 0 Å². The van der Waals surface area contributed by atoms with Gasteiger partial charge in [0.05, 0.1) is 20.3 Å². The van der Waals surface area contributed by atoms with Crippen molar-refractivity contribution in [2.75, 3.05) is 13.3 Å². The minimum Gasteiger partial charge on any atom is -0.260 e. The highest BCUT2D eigenvalue weighted by Gasteiger charge is 2.07. The molecule has 0 amide bonds. The zero-order valence-corrected chi connectivity index (χ0v) is 8.26. The van der Waals surface area contributed by atoms with Gasteiger partial charge in [0.15, 0.2) is 0 Å². The van der Waals surface area contributed by atoms with Crippen molar-refractivity contribution in [1.29, 1.82) is 0 Å². The van der Waals surface area contributed by atoms with Crippen molar-refractivity contribution >= 4 is 9.73 Å². The van der Waals surface area contributed by atoms with Crippen molar-refractivity contribution in [3.05, 3.63) is 24.0 Å². The van der Waals surface area contributed by atoms with E-state index in [1.807, 2.05) is 6.92 Å². The molecule has 1 atom stereocenters. The van der Waals surface area contributed by atoms with Crippen molar-refractivity contribution in [1.82, 2.24) is 4.98 Å². The third-order valence-corrected chi connectivity index (χ3v) is 3.66. The molecule has 0 aliphatic heterocycles. The van der Waals surface area contributed by atoms with Crippen molar-refractivity contribution in [2.24, 2.45) is 4.36 Å². The second kappa shape index (κ2) is 3.23. The first-order valence-electron chi connectivity index (χ1n) is 3.60. The molecule has 0 spiro atoms. The molecule has 0 radical (unpaired) electrons. The van der Waals surface area contributed by atoms with Crippen LogP contribution in [0.4, 0.5) is 0 Å². The summed E-state index contributed by atoms with van der Waals surface area (Å²) < 4.78 is 15.6. The molecule has 0 unspecified atom stereocenters. The summed E-state index contributed by atoms with van der Waals surface area (Å²) in [7, 11) is -0.652. The average molecular weight is 184 g/mol. The quantitative estimate of drug-likeness (QED) is 0.663. The predicted molar refractivity (Wildman–Crippen MR) is 49.7 cm³/mol. The molecule has 0 bridgehead atoms. The van der Waals surface area contributed by atoms with Gasteiger partial charge in [-0.1, -0.05) is 0 Å². The Morgan fingerprint density at radius 3 is 2.75 bits per heavy atom. The molecule has 0 N–H and O–H groups in total. The lowest BCUT2D eigenvalue weighted by Crippen LogP contribution is -2.00. The monoisotopic (exact) mass is 184 g/mol. The summed E-state index contributed by atoms with van der Waals surface area (Å²) in [5.41, 5.74) is 0.788. The van der Waals surface area contributed by atoms with Crippen LogP contribution in [0.1, 0.15) is 5.69 Å². The lowest BCUT2D eigenvalue weighted by atomic mass is 10.4. The molecule has 1 aromatic rings. The Hall–Kier alpha value is -0.900. The van der Waals surface area contributed by atoms with Gasteiger partial charge in [-0.05, 0) is 19.1 Å². The Labute approximate surface area is 73.0 Å². The van der Waals surface area contributed by atoms with Gasteiger partial charge in [0.2, 0.25) is 0 Å². The smallest absolute Gasteiger partial charge is 0.0738 e. The van der Waals surface area contributed by atoms with Gasteiger partial charge in [-0.3, -0.25) is 4.98 Å². The standard InChI is InChI=1S/C8H12N2OS/c1-7-8(5-4-6-10-7)12(3,11)9-2/h4-6H,1-3H3/t12-/m1/s1. The summed E-state index contributed by atoms with van der Waals surface area (Å²) in [5, 5.41) is 0. The molecule has 12 heavy (non-hydrogen) atoms.